The molecule has 2 atom stereocenters. The van der Waals surface area contributed by atoms with Crippen LogP contribution in [0.15, 0.2) is 23.2 Å². The number of piperidine rings is 1. The van der Waals surface area contributed by atoms with E-state index in [0.29, 0.717) is 23.6 Å². The summed E-state index contributed by atoms with van der Waals surface area (Å²) in [7, 11) is -3.20. The second-order valence-electron chi connectivity index (χ2n) is 8.66. The van der Waals surface area contributed by atoms with Crippen molar-refractivity contribution < 1.29 is 12.8 Å². The minimum absolute atomic E-state index is 0.116. The van der Waals surface area contributed by atoms with Gasteiger partial charge < -0.3 is 15.5 Å². The van der Waals surface area contributed by atoms with Gasteiger partial charge in [0, 0.05) is 32.4 Å². The van der Waals surface area contributed by atoms with Crippen LogP contribution in [0.25, 0.3) is 0 Å². The highest BCUT2D eigenvalue weighted by Crippen LogP contribution is 2.20. The molecule has 1 aliphatic heterocycles. The van der Waals surface area contributed by atoms with Crippen LogP contribution in [0.5, 0.6) is 0 Å². The number of guanidine groups is 1. The van der Waals surface area contributed by atoms with Gasteiger partial charge in [0.2, 0.25) is 0 Å². The molecule has 0 aliphatic carbocycles. The Bertz CT molecular complexity index is 803. The van der Waals surface area contributed by atoms with E-state index in [4.69, 9.17) is 0 Å². The number of hydrogen-bond acceptors (Lipinski definition) is 4. The number of nitrogens with zero attached hydrogens (tertiary/aromatic N) is 2. The highest BCUT2D eigenvalue weighted by molar-refractivity contribution is 7.89. The maximum absolute atomic E-state index is 13.7. The highest BCUT2D eigenvalue weighted by atomic mass is 32.2. The fourth-order valence-electron chi connectivity index (χ4n) is 4.16. The molecule has 0 spiro atoms. The van der Waals surface area contributed by atoms with Crippen LogP contribution in [0, 0.1) is 17.7 Å². The van der Waals surface area contributed by atoms with Crippen molar-refractivity contribution >= 4 is 15.8 Å². The zero-order chi connectivity index (χ0) is 22.1. The van der Waals surface area contributed by atoms with E-state index in [1.54, 1.807) is 0 Å². The first kappa shape index (κ1) is 24.6. The monoisotopic (exact) mass is 440 g/mol. The van der Waals surface area contributed by atoms with Crippen molar-refractivity contribution in [2.75, 3.05) is 39.0 Å². The molecule has 1 saturated heterocycles. The van der Waals surface area contributed by atoms with Gasteiger partial charge >= 0.3 is 0 Å². The molecule has 1 aliphatic rings. The Balaban J connectivity index is 1.92. The summed E-state index contributed by atoms with van der Waals surface area (Å²) in [6.07, 6.45) is 3.51. The van der Waals surface area contributed by atoms with Crippen molar-refractivity contribution in [3.05, 3.63) is 35.1 Å². The van der Waals surface area contributed by atoms with E-state index in [0.717, 1.165) is 31.3 Å². The molecule has 170 valence electrons. The first-order valence-electron chi connectivity index (χ1n) is 10.9. The van der Waals surface area contributed by atoms with E-state index >= 15 is 0 Å². The zero-order valence-electron chi connectivity index (χ0n) is 18.7. The predicted molar refractivity (Wildman–Crippen MR) is 122 cm³/mol. The fourth-order valence-corrected chi connectivity index (χ4v) is 5.00. The minimum Gasteiger partial charge on any atom is -0.357 e. The lowest BCUT2D eigenvalue weighted by atomic mass is 9.92. The van der Waals surface area contributed by atoms with E-state index in [1.165, 1.54) is 44.0 Å². The summed E-state index contributed by atoms with van der Waals surface area (Å²) in [6, 6.07) is 4.19. The number of benzene rings is 1. The van der Waals surface area contributed by atoms with Crippen LogP contribution < -0.4 is 10.6 Å². The quantitative estimate of drug-likeness (QED) is 0.351. The largest absolute Gasteiger partial charge is 0.357 e. The zero-order valence-corrected chi connectivity index (χ0v) is 19.6. The smallest absolute Gasteiger partial charge is 0.191 e. The Morgan fingerprint density at radius 2 is 1.90 bits per heavy atom. The summed E-state index contributed by atoms with van der Waals surface area (Å²) in [6.45, 7) is 11.8. The van der Waals surface area contributed by atoms with Crippen LogP contribution in [0.2, 0.25) is 0 Å². The maximum Gasteiger partial charge on any atom is 0.191 e. The fraction of sp³-hybridized carbons (Fsp3) is 0.682. The van der Waals surface area contributed by atoms with Crippen LogP contribution >= 0.6 is 0 Å². The predicted octanol–water partition coefficient (Wildman–Crippen LogP) is 2.79. The SMILES string of the molecule is CCNC(=NCc1cc(F)ccc1CS(C)(=O)=O)NCCCN1CC(C)CC(C)C1. The second-order valence-corrected chi connectivity index (χ2v) is 10.8. The number of aliphatic imine (C=N–C) groups is 1. The lowest BCUT2D eigenvalue weighted by molar-refractivity contribution is 0.140. The van der Waals surface area contributed by atoms with E-state index in [-0.39, 0.29) is 18.1 Å². The Morgan fingerprint density at radius 1 is 1.20 bits per heavy atom. The lowest BCUT2D eigenvalue weighted by Gasteiger charge is -2.35. The number of sulfone groups is 1. The van der Waals surface area contributed by atoms with Crippen LogP contribution in [0.3, 0.4) is 0 Å². The van der Waals surface area contributed by atoms with Gasteiger partial charge in [0.1, 0.15) is 5.82 Å². The third-order valence-electron chi connectivity index (χ3n) is 5.23. The molecule has 2 N–H and O–H groups in total. The van der Waals surface area contributed by atoms with Gasteiger partial charge in [0.05, 0.1) is 12.3 Å². The van der Waals surface area contributed by atoms with Crippen molar-refractivity contribution in [3.8, 4) is 0 Å². The van der Waals surface area contributed by atoms with Gasteiger partial charge in [0.15, 0.2) is 15.8 Å². The minimum atomic E-state index is -3.20. The number of halogens is 1. The molecule has 0 bridgehead atoms. The Hall–Kier alpha value is -1.67. The van der Waals surface area contributed by atoms with Gasteiger partial charge in [-0.2, -0.15) is 0 Å². The summed E-state index contributed by atoms with van der Waals surface area (Å²) in [5.41, 5.74) is 1.18. The standard InChI is InChI=1S/C22H37FN4O2S/c1-5-24-22(25-9-6-10-27-14-17(2)11-18(3)15-27)26-13-20-12-21(23)8-7-19(20)16-30(4,28)29/h7-8,12,17-18H,5-6,9-11,13-16H2,1-4H3,(H2,24,25,26). The highest BCUT2D eigenvalue weighted by Gasteiger charge is 2.21. The van der Waals surface area contributed by atoms with E-state index in [9.17, 15) is 12.8 Å². The molecule has 8 heteroatoms. The van der Waals surface area contributed by atoms with Crippen molar-refractivity contribution in [2.45, 2.75) is 45.9 Å². The van der Waals surface area contributed by atoms with Gasteiger partial charge in [-0.3, -0.25) is 0 Å². The summed E-state index contributed by atoms with van der Waals surface area (Å²) in [5.74, 6) is 1.67. The third-order valence-corrected chi connectivity index (χ3v) is 6.06. The van der Waals surface area contributed by atoms with Gasteiger partial charge in [-0.05, 0) is 61.4 Å². The molecule has 0 saturated carbocycles. The van der Waals surface area contributed by atoms with E-state index in [1.807, 2.05) is 6.92 Å². The molecule has 1 aromatic rings. The first-order valence-corrected chi connectivity index (χ1v) is 12.9. The van der Waals surface area contributed by atoms with Crippen LogP contribution in [-0.4, -0.2) is 58.3 Å². The normalized spacial score (nSPS) is 20.9. The molecule has 0 aromatic heterocycles. The van der Waals surface area contributed by atoms with Crippen LogP contribution in [0.4, 0.5) is 4.39 Å². The average molecular weight is 441 g/mol. The summed E-state index contributed by atoms with van der Waals surface area (Å²) >= 11 is 0. The van der Waals surface area contributed by atoms with Gasteiger partial charge in [0.25, 0.3) is 0 Å². The van der Waals surface area contributed by atoms with Gasteiger partial charge in [-0.25, -0.2) is 17.8 Å². The van der Waals surface area contributed by atoms with E-state index in [2.05, 4.69) is 34.4 Å². The second kappa shape index (κ2) is 11.6. The lowest BCUT2D eigenvalue weighted by Crippen LogP contribution is -2.41. The van der Waals surface area contributed by atoms with Crippen LogP contribution in [0.1, 0.15) is 44.7 Å². The molecule has 6 nitrogen and oxygen atoms in total. The molecule has 1 aromatic carbocycles. The topological polar surface area (TPSA) is 73.8 Å². The Kier molecular flexibility index (Phi) is 9.55. The third kappa shape index (κ3) is 9.00. The van der Waals surface area contributed by atoms with Crippen molar-refractivity contribution in [2.24, 2.45) is 16.8 Å². The molecule has 0 radical (unpaired) electrons. The number of rotatable bonds is 9. The van der Waals surface area contributed by atoms with Gasteiger partial charge in [-0.15, -0.1) is 0 Å². The van der Waals surface area contributed by atoms with Gasteiger partial charge in [-0.1, -0.05) is 19.9 Å². The van der Waals surface area contributed by atoms with Crippen molar-refractivity contribution in [3.63, 3.8) is 0 Å². The Labute approximate surface area is 181 Å². The molecule has 1 heterocycles. The average Bonchev–Trinajstić information content (AvgIpc) is 2.63. The number of hydrogen-bond donors (Lipinski definition) is 2. The molecule has 2 rings (SSSR count). The number of likely N-dealkylation sites (tertiary alicyclic amines) is 1. The molecule has 0 amide bonds. The molecule has 1 fully saturated rings. The summed E-state index contributed by atoms with van der Waals surface area (Å²) in [4.78, 5) is 7.08. The summed E-state index contributed by atoms with van der Waals surface area (Å²) in [5, 5.41) is 6.54. The summed E-state index contributed by atoms with van der Waals surface area (Å²) < 4.78 is 37.0. The first-order chi connectivity index (χ1) is 14.2. The molecule has 2 unspecified atom stereocenters. The number of nitrogens with one attached hydrogen (secondary N) is 2. The molecular weight excluding hydrogens is 403 g/mol. The van der Waals surface area contributed by atoms with Crippen LogP contribution in [-0.2, 0) is 22.1 Å². The Morgan fingerprint density at radius 3 is 2.53 bits per heavy atom. The molecular formula is C22H37FN4O2S. The van der Waals surface area contributed by atoms with Crippen molar-refractivity contribution in [1.29, 1.82) is 0 Å². The van der Waals surface area contributed by atoms with E-state index < -0.39 is 9.84 Å². The maximum atomic E-state index is 13.7. The van der Waals surface area contributed by atoms with Crippen molar-refractivity contribution in [1.82, 2.24) is 15.5 Å². The molecule has 30 heavy (non-hydrogen) atoms.